The Hall–Kier alpha value is -2.61. The fourth-order valence-electron chi connectivity index (χ4n) is 1.72. The molecule has 7 nitrogen and oxygen atoms in total. The van der Waals surface area contributed by atoms with E-state index in [4.69, 9.17) is 5.11 Å². The molecule has 0 unspecified atom stereocenters. The zero-order chi connectivity index (χ0) is 15.5. The number of rotatable bonds is 5. The van der Waals surface area contributed by atoms with E-state index >= 15 is 0 Å². The van der Waals surface area contributed by atoms with Crippen LogP contribution in [-0.4, -0.2) is 29.4 Å². The minimum absolute atomic E-state index is 0.0393. The fraction of sp³-hybridized carbons (Fsp3) is 0.0769. The van der Waals surface area contributed by atoms with Crippen LogP contribution in [0.25, 0.3) is 0 Å². The van der Waals surface area contributed by atoms with Gasteiger partial charge in [0.05, 0.1) is 5.69 Å². The van der Waals surface area contributed by atoms with Crippen LogP contribution in [0.4, 0.5) is 5.69 Å². The van der Waals surface area contributed by atoms with Crippen molar-refractivity contribution in [2.75, 3.05) is 5.32 Å². The lowest BCUT2D eigenvalue weighted by atomic mass is 10.3. The van der Waals surface area contributed by atoms with Gasteiger partial charge in [-0.15, -0.1) is 0 Å². The van der Waals surface area contributed by atoms with Crippen molar-refractivity contribution < 1.29 is 23.1 Å². The third-order valence-corrected chi connectivity index (χ3v) is 4.32. The highest BCUT2D eigenvalue weighted by Crippen LogP contribution is 2.23. The molecule has 0 saturated heterocycles. The van der Waals surface area contributed by atoms with E-state index in [0.717, 1.165) is 3.97 Å². The van der Waals surface area contributed by atoms with Gasteiger partial charge in [0, 0.05) is 12.4 Å². The monoisotopic (exact) mass is 308 g/mol. The van der Waals surface area contributed by atoms with Crippen LogP contribution in [0.5, 0.6) is 0 Å². The van der Waals surface area contributed by atoms with E-state index in [1.54, 1.807) is 18.2 Å². The summed E-state index contributed by atoms with van der Waals surface area (Å²) in [7, 11) is -3.85. The molecule has 2 rings (SSSR count). The summed E-state index contributed by atoms with van der Waals surface area (Å²) in [5.41, 5.74) is 0.0393. The Morgan fingerprint density at radius 2 is 1.71 bits per heavy atom. The molecule has 2 N–H and O–H groups in total. The van der Waals surface area contributed by atoms with Gasteiger partial charge in [-0.25, -0.2) is 12.4 Å². The van der Waals surface area contributed by atoms with Crippen molar-refractivity contribution in [1.29, 1.82) is 0 Å². The zero-order valence-electron chi connectivity index (χ0n) is 10.8. The lowest BCUT2D eigenvalue weighted by Gasteiger charge is -2.11. The molecule has 8 heteroatoms. The Bertz CT molecular complexity index is 766. The van der Waals surface area contributed by atoms with Crippen LogP contribution < -0.4 is 5.32 Å². The van der Waals surface area contributed by atoms with Crippen LogP contribution in [0, 0.1) is 0 Å². The smallest absolute Gasteiger partial charge is 0.312 e. The van der Waals surface area contributed by atoms with E-state index in [9.17, 15) is 18.0 Å². The number of aromatic nitrogens is 1. The van der Waals surface area contributed by atoms with E-state index in [-0.39, 0.29) is 10.6 Å². The predicted molar refractivity (Wildman–Crippen MR) is 74.3 cm³/mol. The number of carbonyl (C=O) groups is 2. The van der Waals surface area contributed by atoms with Gasteiger partial charge in [0.2, 0.25) is 5.91 Å². The highest BCUT2D eigenvalue weighted by molar-refractivity contribution is 7.90. The molecule has 0 fully saturated rings. The number of aliphatic carboxylic acids is 1. The Labute approximate surface area is 120 Å². The van der Waals surface area contributed by atoms with Crippen molar-refractivity contribution in [3.8, 4) is 0 Å². The molecular weight excluding hydrogens is 296 g/mol. The van der Waals surface area contributed by atoms with E-state index in [1.165, 1.54) is 30.6 Å². The average molecular weight is 308 g/mol. The molecule has 1 aromatic carbocycles. The molecule has 1 aromatic heterocycles. The summed E-state index contributed by atoms with van der Waals surface area (Å²) >= 11 is 0. The Balaban J connectivity index is 2.38. The summed E-state index contributed by atoms with van der Waals surface area (Å²) in [4.78, 5) is 21.9. The van der Waals surface area contributed by atoms with Crippen LogP contribution in [0.3, 0.4) is 0 Å². The van der Waals surface area contributed by atoms with Crippen molar-refractivity contribution in [2.45, 2.75) is 11.3 Å². The molecule has 2 aromatic rings. The quantitative estimate of drug-likeness (QED) is 0.806. The summed E-state index contributed by atoms with van der Waals surface area (Å²) in [5.74, 6) is -2.09. The number of hydrogen-bond donors (Lipinski definition) is 2. The number of nitrogens with one attached hydrogen (secondary N) is 1. The lowest BCUT2D eigenvalue weighted by Crippen LogP contribution is -2.19. The first-order chi connectivity index (χ1) is 9.91. The molecule has 0 aliphatic rings. The molecule has 110 valence electrons. The summed E-state index contributed by atoms with van der Waals surface area (Å²) < 4.78 is 25.8. The SMILES string of the molecule is O=C(O)CC(=O)Nc1ccccc1S(=O)(=O)n1cccc1. The number of anilines is 1. The average Bonchev–Trinajstić information content (AvgIpc) is 2.92. The normalized spacial score (nSPS) is 11.0. The van der Waals surface area contributed by atoms with Gasteiger partial charge in [0.25, 0.3) is 10.0 Å². The Kier molecular flexibility index (Phi) is 4.08. The van der Waals surface area contributed by atoms with Crippen LogP contribution >= 0.6 is 0 Å². The van der Waals surface area contributed by atoms with Gasteiger partial charge < -0.3 is 10.4 Å². The van der Waals surface area contributed by atoms with Gasteiger partial charge in [0.15, 0.2) is 0 Å². The van der Waals surface area contributed by atoms with E-state index in [2.05, 4.69) is 5.32 Å². The van der Waals surface area contributed by atoms with Gasteiger partial charge in [-0.05, 0) is 24.3 Å². The van der Waals surface area contributed by atoms with E-state index in [0.29, 0.717) is 0 Å². The van der Waals surface area contributed by atoms with Crippen molar-refractivity contribution in [3.05, 3.63) is 48.8 Å². The van der Waals surface area contributed by atoms with Crippen molar-refractivity contribution in [3.63, 3.8) is 0 Å². The van der Waals surface area contributed by atoms with Crippen LogP contribution in [0.2, 0.25) is 0 Å². The second kappa shape index (κ2) is 5.80. The molecule has 0 aliphatic carbocycles. The minimum Gasteiger partial charge on any atom is -0.481 e. The number of nitrogens with zero attached hydrogens (tertiary/aromatic N) is 1. The topological polar surface area (TPSA) is 105 Å². The first kappa shape index (κ1) is 14.8. The molecule has 0 aliphatic heterocycles. The second-order valence-electron chi connectivity index (χ2n) is 4.13. The van der Waals surface area contributed by atoms with E-state index < -0.39 is 28.3 Å². The number of carboxylic acid groups (broad SMARTS) is 1. The molecule has 0 radical (unpaired) electrons. The van der Waals surface area contributed by atoms with Crippen molar-refractivity contribution in [1.82, 2.24) is 3.97 Å². The molecular formula is C13H12N2O5S. The third kappa shape index (κ3) is 3.29. The molecule has 0 spiro atoms. The number of para-hydroxylation sites is 1. The largest absolute Gasteiger partial charge is 0.481 e. The van der Waals surface area contributed by atoms with Gasteiger partial charge in [-0.2, -0.15) is 0 Å². The summed E-state index contributed by atoms with van der Waals surface area (Å²) in [6, 6.07) is 8.92. The molecule has 21 heavy (non-hydrogen) atoms. The highest BCUT2D eigenvalue weighted by atomic mass is 32.2. The van der Waals surface area contributed by atoms with Crippen LogP contribution in [0.15, 0.2) is 53.7 Å². The Morgan fingerprint density at radius 1 is 1.10 bits per heavy atom. The maximum Gasteiger partial charge on any atom is 0.312 e. The molecule has 1 amide bonds. The summed E-state index contributed by atoms with van der Waals surface area (Å²) in [6.07, 6.45) is 1.99. The molecule has 0 saturated carbocycles. The summed E-state index contributed by atoms with van der Waals surface area (Å²) in [5, 5.41) is 10.9. The molecule has 1 heterocycles. The van der Waals surface area contributed by atoms with Gasteiger partial charge in [-0.3, -0.25) is 9.59 Å². The van der Waals surface area contributed by atoms with Gasteiger partial charge in [0.1, 0.15) is 11.3 Å². The number of amides is 1. The third-order valence-electron chi connectivity index (χ3n) is 2.61. The highest BCUT2D eigenvalue weighted by Gasteiger charge is 2.21. The second-order valence-corrected chi connectivity index (χ2v) is 5.94. The summed E-state index contributed by atoms with van der Waals surface area (Å²) in [6.45, 7) is 0. The fourth-order valence-corrected chi connectivity index (χ4v) is 3.05. The molecule has 0 atom stereocenters. The molecule has 0 bridgehead atoms. The van der Waals surface area contributed by atoms with Crippen LogP contribution in [-0.2, 0) is 19.6 Å². The number of benzene rings is 1. The predicted octanol–water partition coefficient (Wildman–Crippen LogP) is 1.14. The van der Waals surface area contributed by atoms with Crippen molar-refractivity contribution >= 4 is 27.6 Å². The Morgan fingerprint density at radius 3 is 2.33 bits per heavy atom. The van der Waals surface area contributed by atoms with Gasteiger partial charge in [-0.1, -0.05) is 12.1 Å². The van der Waals surface area contributed by atoms with Crippen LogP contribution in [0.1, 0.15) is 6.42 Å². The van der Waals surface area contributed by atoms with E-state index in [1.807, 2.05) is 0 Å². The van der Waals surface area contributed by atoms with Crippen molar-refractivity contribution in [2.24, 2.45) is 0 Å². The first-order valence-electron chi connectivity index (χ1n) is 5.90. The maximum absolute atomic E-state index is 12.4. The number of carboxylic acids is 1. The number of hydrogen-bond acceptors (Lipinski definition) is 4. The number of carbonyl (C=O) groups excluding carboxylic acids is 1. The minimum atomic E-state index is -3.85. The van der Waals surface area contributed by atoms with Gasteiger partial charge >= 0.3 is 5.97 Å². The first-order valence-corrected chi connectivity index (χ1v) is 7.34. The maximum atomic E-state index is 12.4. The lowest BCUT2D eigenvalue weighted by molar-refractivity contribution is -0.139. The standard InChI is InChI=1S/C13H12N2O5S/c16-12(9-13(17)18)14-10-5-1-2-6-11(10)21(19,20)15-7-3-4-8-15/h1-8H,9H2,(H,14,16)(H,17,18). The zero-order valence-corrected chi connectivity index (χ0v) is 11.6.